The van der Waals surface area contributed by atoms with Crippen molar-refractivity contribution in [3.63, 3.8) is 0 Å². The van der Waals surface area contributed by atoms with E-state index in [0.29, 0.717) is 6.04 Å². The number of nitrogens with zero attached hydrogens (tertiary/aromatic N) is 1. The normalized spacial score (nSPS) is 34.3. The molecule has 0 aromatic carbocycles. The first kappa shape index (κ1) is 12.4. The van der Waals surface area contributed by atoms with Gasteiger partial charge < -0.3 is 5.32 Å². The highest BCUT2D eigenvalue weighted by atomic mass is 15.3. The van der Waals surface area contributed by atoms with E-state index in [1.165, 1.54) is 32.4 Å². The molecule has 0 bridgehead atoms. The van der Waals surface area contributed by atoms with Crippen LogP contribution in [0.5, 0.6) is 0 Å². The molecule has 0 aromatic heterocycles. The lowest BCUT2D eigenvalue weighted by atomic mass is 9.95. The topological polar surface area (TPSA) is 15.3 Å². The summed E-state index contributed by atoms with van der Waals surface area (Å²) in [7, 11) is 0. The van der Waals surface area contributed by atoms with Gasteiger partial charge in [0, 0.05) is 31.2 Å². The van der Waals surface area contributed by atoms with E-state index >= 15 is 0 Å². The lowest BCUT2D eigenvalue weighted by Gasteiger charge is -2.45. The molecule has 16 heavy (non-hydrogen) atoms. The van der Waals surface area contributed by atoms with Gasteiger partial charge in [0.15, 0.2) is 0 Å². The smallest absolute Gasteiger partial charge is 0.0247 e. The lowest BCUT2D eigenvalue weighted by molar-refractivity contribution is 0.0602. The molecule has 0 aromatic rings. The SMILES string of the molecule is CC1CN(C(C)CC2CC2)C(C(C)C)CN1. The van der Waals surface area contributed by atoms with E-state index in [-0.39, 0.29) is 0 Å². The number of hydrogen-bond acceptors (Lipinski definition) is 2. The van der Waals surface area contributed by atoms with E-state index in [2.05, 4.69) is 37.9 Å². The predicted molar refractivity (Wildman–Crippen MR) is 69.6 cm³/mol. The number of piperazine rings is 1. The first-order valence-corrected chi connectivity index (χ1v) is 7.07. The Bertz CT molecular complexity index is 223. The molecule has 2 rings (SSSR count). The molecule has 3 atom stereocenters. The Kier molecular flexibility index (Phi) is 3.91. The second kappa shape index (κ2) is 5.05. The minimum atomic E-state index is 0.664. The largest absolute Gasteiger partial charge is 0.311 e. The van der Waals surface area contributed by atoms with Crippen molar-refractivity contribution in [2.45, 2.75) is 65.1 Å². The molecule has 1 aliphatic carbocycles. The van der Waals surface area contributed by atoms with Gasteiger partial charge >= 0.3 is 0 Å². The van der Waals surface area contributed by atoms with Crippen molar-refractivity contribution < 1.29 is 0 Å². The second-order valence-corrected chi connectivity index (χ2v) is 6.35. The highest BCUT2D eigenvalue weighted by molar-refractivity contribution is 4.90. The Hall–Kier alpha value is -0.0800. The first-order valence-electron chi connectivity index (χ1n) is 7.07. The van der Waals surface area contributed by atoms with E-state index in [9.17, 15) is 0 Å². The minimum absolute atomic E-state index is 0.664. The molecule has 0 radical (unpaired) electrons. The van der Waals surface area contributed by atoms with Crippen molar-refractivity contribution >= 4 is 0 Å². The Labute approximate surface area is 101 Å². The van der Waals surface area contributed by atoms with Crippen LogP contribution in [0.3, 0.4) is 0 Å². The molecule has 2 aliphatic rings. The van der Waals surface area contributed by atoms with E-state index < -0.39 is 0 Å². The maximum absolute atomic E-state index is 3.63. The second-order valence-electron chi connectivity index (χ2n) is 6.35. The van der Waals surface area contributed by atoms with Gasteiger partial charge in [0.25, 0.3) is 0 Å². The Morgan fingerprint density at radius 2 is 1.94 bits per heavy atom. The molecule has 1 heterocycles. The maximum atomic E-state index is 3.63. The van der Waals surface area contributed by atoms with E-state index in [1.807, 2.05) is 0 Å². The zero-order valence-corrected chi connectivity index (χ0v) is 11.4. The molecule has 2 fully saturated rings. The highest BCUT2D eigenvalue weighted by Gasteiger charge is 2.33. The molecule has 2 nitrogen and oxygen atoms in total. The summed E-state index contributed by atoms with van der Waals surface area (Å²) in [5.41, 5.74) is 0. The Balaban J connectivity index is 1.94. The fourth-order valence-corrected chi connectivity index (χ4v) is 3.05. The van der Waals surface area contributed by atoms with Gasteiger partial charge in [0.2, 0.25) is 0 Å². The maximum Gasteiger partial charge on any atom is 0.0247 e. The third-order valence-corrected chi connectivity index (χ3v) is 4.29. The number of rotatable bonds is 4. The van der Waals surface area contributed by atoms with Gasteiger partial charge in [0.05, 0.1) is 0 Å². The molecule has 0 spiro atoms. The first-order chi connectivity index (χ1) is 7.58. The van der Waals surface area contributed by atoms with Crippen LogP contribution in [0.1, 0.15) is 47.0 Å². The summed E-state index contributed by atoms with van der Waals surface area (Å²) in [6, 6.07) is 2.19. The molecule has 0 amide bonds. The molecular weight excluding hydrogens is 196 g/mol. The van der Waals surface area contributed by atoms with Gasteiger partial charge in [0.1, 0.15) is 0 Å². The fraction of sp³-hybridized carbons (Fsp3) is 1.00. The highest BCUT2D eigenvalue weighted by Crippen LogP contribution is 2.35. The Morgan fingerprint density at radius 3 is 2.50 bits per heavy atom. The van der Waals surface area contributed by atoms with Crippen LogP contribution < -0.4 is 5.32 Å². The molecule has 1 saturated heterocycles. The van der Waals surface area contributed by atoms with Gasteiger partial charge in [-0.25, -0.2) is 0 Å². The van der Waals surface area contributed by atoms with Crippen molar-refractivity contribution in [1.29, 1.82) is 0 Å². The van der Waals surface area contributed by atoms with E-state index in [0.717, 1.165) is 23.9 Å². The molecule has 3 unspecified atom stereocenters. The average Bonchev–Trinajstić information content (AvgIpc) is 3.01. The molecule has 1 saturated carbocycles. The molecule has 1 aliphatic heterocycles. The van der Waals surface area contributed by atoms with Gasteiger partial charge in [-0.05, 0) is 32.1 Å². The lowest BCUT2D eigenvalue weighted by Crippen LogP contribution is -2.59. The van der Waals surface area contributed by atoms with Crippen LogP contribution in [-0.4, -0.2) is 36.1 Å². The summed E-state index contributed by atoms with van der Waals surface area (Å²) in [4.78, 5) is 2.77. The third-order valence-electron chi connectivity index (χ3n) is 4.29. The zero-order valence-electron chi connectivity index (χ0n) is 11.4. The Morgan fingerprint density at radius 1 is 1.25 bits per heavy atom. The van der Waals surface area contributed by atoms with Crippen LogP contribution in [0, 0.1) is 11.8 Å². The predicted octanol–water partition coefficient (Wildman–Crippen LogP) is 2.49. The summed E-state index contributed by atoms with van der Waals surface area (Å²) in [6.07, 6.45) is 4.40. The van der Waals surface area contributed by atoms with Gasteiger partial charge in [-0.2, -0.15) is 0 Å². The molecule has 94 valence electrons. The summed E-state index contributed by atoms with van der Waals surface area (Å²) in [6.45, 7) is 11.9. The van der Waals surface area contributed by atoms with Crippen LogP contribution in [-0.2, 0) is 0 Å². The standard InChI is InChI=1S/C14H28N2/c1-10(2)14-8-15-11(3)9-16(14)12(4)7-13-5-6-13/h10-15H,5-9H2,1-4H3. The van der Waals surface area contributed by atoms with Crippen LogP contribution in [0.15, 0.2) is 0 Å². The molecular formula is C14H28N2. The van der Waals surface area contributed by atoms with Crippen molar-refractivity contribution in [2.24, 2.45) is 11.8 Å². The summed E-state index contributed by atoms with van der Waals surface area (Å²) >= 11 is 0. The van der Waals surface area contributed by atoms with Crippen molar-refractivity contribution in [3.05, 3.63) is 0 Å². The quantitative estimate of drug-likeness (QED) is 0.789. The van der Waals surface area contributed by atoms with Gasteiger partial charge in [-0.1, -0.05) is 26.7 Å². The zero-order chi connectivity index (χ0) is 11.7. The minimum Gasteiger partial charge on any atom is -0.311 e. The van der Waals surface area contributed by atoms with Crippen molar-refractivity contribution in [3.8, 4) is 0 Å². The molecule has 1 N–H and O–H groups in total. The summed E-state index contributed by atoms with van der Waals surface area (Å²) in [5.74, 6) is 1.81. The van der Waals surface area contributed by atoms with Crippen molar-refractivity contribution in [2.75, 3.05) is 13.1 Å². The van der Waals surface area contributed by atoms with E-state index in [4.69, 9.17) is 0 Å². The molecule has 2 heteroatoms. The van der Waals surface area contributed by atoms with Crippen molar-refractivity contribution in [1.82, 2.24) is 10.2 Å². The van der Waals surface area contributed by atoms with E-state index in [1.54, 1.807) is 0 Å². The van der Waals surface area contributed by atoms with Gasteiger partial charge in [-0.15, -0.1) is 0 Å². The fourth-order valence-electron chi connectivity index (χ4n) is 3.05. The average molecular weight is 224 g/mol. The third kappa shape index (κ3) is 2.98. The summed E-state index contributed by atoms with van der Waals surface area (Å²) < 4.78 is 0. The van der Waals surface area contributed by atoms with Crippen LogP contribution in [0.4, 0.5) is 0 Å². The van der Waals surface area contributed by atoms with Crippen LogP contribution >= 0.6 is 0 Å². The monoisotopic (exact) mass is 224 g/mol. The van der Waals surface area contributed by atoms with Crippen LogP contribution in [0.25, 0.3) is 0 Å². The van der Waals surface area contributed by atoms with Gasteiger partial charge in [-0.3, -0.25) is 4.90 Å². The van der Waals surface area contributed by atoms with Crippen LogP contribution in [0.2, 0.25) is 0 Å². The number of nitrogens with one attached hydrogen (secondary N) is 1. The number of hydrogen-bond donors (Lipinski definition) is 1. The summed E-state index contributed by atoms with van der Waals surface area (Å²) in [5, 5.41) is 3.63.